The fourth-order valence-electron chi connectivity index (χ4n) is 1.95. The standard InChI is InChI=1S/C16H18N2O3/c1-12(2)21-16-9-4-3-6-13(16)11-17-14-7-5-8-15(10-14)18(19)20/h3-10,12,17H,11H2,1-2H3. The zero-order valence-electron chi connectivity index (χ0n) is 12.1. The van der Waals surface area contributed by atoms with E-state index < -0.39 is 4.92 Å². The molecule has 2 rings (SSSR count). The molecule has 5 heteroatoms. The number of non-ortho nitro benzene ring substituents is 1. The Labute approximate surface area is 123 Å². The zero-order valence-corrected chi connectivity index (χ0v) is 12.1. The Bertz CT molecular complexity index is 626. The molecule has 0 heterocycles. The largest absolute Gasteiger partial charge is 0.491 e. The number of ether oxygens (including phenoxy) is 1. The first-order valence-electron chi connectivity index (χ1n) is 6.79. The van der Waals surface area contributed by atoms with Crippen molar-refractivity contribution in [2.45, 2.75) is 26.5 Å². The Kier molecular flexibility index (Phi) is 4.77. The molecule has 0 saturated carbocycles. The number of para-hydroxylation sites is 1. The molecule has 0 aliphatic carbocycles. The van der Waals surface area contributed by atoms with Gasteiger partial charge in [-0.05, 0) is 26.0 Å². The van der Waals surface area contributed by atoms with E-state index in [0.717, 1.165) is 11.3 Å². The molecule has 0 unspecified atom stereocenters. The SMILES string of the molecule is CC(C)Oc1ccccc1CNc1cccc([N+](=O)[O-])c1. The maximum atomic E-state index is 10.8. The van der Waals surface area contributed by atoms with Crippen molar-refractivity contribution in [2.24, 2.45) is 0 Å². The summed E-state index contributed by atoms with van der Waals surface area (Å²) in [4.78, 5) is 10.4. The second-order valence-corrected chi connectivity index (χ2v) is 4.94. The number of nitro groups is 1. The number of hydrogen-bond donors (Lipinski definition) is 1. The summed E-state index contributed by atoms with van der Waals surface area (Å²) in [6.07, 6.45) is 0.101. The van der Waals surface area contributed by atoms with Gasteiger partial charge in [0.15, 0.2) is 0 Å². The number of hydrogen-bond acceptors (Lipinski definition) is 4. The first-order chi connectivity index (χ1) is 10.1. The third-order valence-electron chi connectivity index (χ3n) is 2.88. The van der Waals surface area contributed by atoms with Gasteiger partial charge in [0.2, 0.25) is 0 Å². The van der Waals surface area contributed by atoms with Gasteiger partial charge >= 0.3 is 0 Å². The maximum Gasteiger partial charge on any atom is 0.271 e. The van der Waals surface area contributed by atoms with Crippen molar-refractivity contribution >= 4 is 11.4 Å². The van der Waals surface area contributed by atoms with Gasteiger partial charge in [0, 0.05) is 29.9 Å². The average molecular weight is 286 g/mol. The molecule has 0 fully saturated rings. The van der Waals surface area contributed by atoms with Gasteiger partial charge in [0.05, 0.1) is 11.0 Å². The molecule has 0 aromatic heterocycles. The van der Waals surface area contributed by atoms with E-state index in [1.54, 1.807) is 12.1 Å². The highest BCUT2D eigenvalue weighted by Gasteiger charge is 2.07. The molecule has 0 saturated heterocycles. The Hall–Kier alpha value is -2.56. The molecule has 0 spiro atoms. The molecule has 0 radical (unpaired) electrons. The zero-order chi connectivity index (χ0) is 15.2. The minimum atomic E-state index is -0.402. The third-order valence-corrected chi connectivity index (χ3v) is 2.88. The summed E-state index contributed by atoms with van der Waals surface area (Å²) >= 11 is 0. The van der Waals surface area contributed by atoms with Gasteiger partial charge in [-0.1, -0.05) is 24.3 Å². The molecule has 110 valence electrons. The van der Waals surface area contributed by atoms with Gasteiger partial charge in [0.25, 0.3) is 5.69 Å². The molecule has 5 nitrogen and oxygen atoms in total. The van der Waals surface area contributed by atoms with Crippen LogP contribution in [-0.4, -0.2) is 11.0 Å². The summed E-state index contributed by atoms with van der Waals surface area (Å²) in [7, 11) is 0. The normalized spacial score (nSPS) is 10.4. The van der Waals surface area contributed by atoms with E-state index in [9.17, 15) is 10.1 Å². The lowest BCUT2D eigenvalue weighted by atomic mass is 10.2. The van der Waals surface area contributed by atoms with Crippen molar-refractivity contribution in [1.82, 2.24) is 0 Å². The first kappa shape index (κ1) is 14.8. The number of nitrogens with one attached hydrogen (secondary N) is 1. The van der Waals surface area contributed by atoms with Crippen molar-refractivity contribution in [3.8, 4) is 5.75 Å². The van der Waals surface area contributed by atoms with E-state index in [4.69, 9.17) is 4.74 Å². The van der Waals surface area contributed by atoms with Crippen LogP contribution in [0.25, 0.3) is 0 Å². The van der Waals surface area contributed by atoms with Crippen LogP contribution in [0.15, 0.2) is 48.5 Å². The Balaban J connectivity index is 2.09. The highest BCUT2D eigenvalue weighted by atomic mass is 16.6. The van der Waals surface area contributed by atoms with Gasteiger partial charge in [-0.15, -0.1) is 0 Å². The third kappa shape index (κ3) is 4.21. The van der Waals surface area contributed by atoms with Gasteiger partial charge in [-0.2, -0.15) is 0 Å². The lowest BCUT2D eigenvalue weighted by Crippen LogP contribution is -2.09. The second kappa shape index (κ2) is 6.74. The van der Waals surface area contributed by atoms with Crippen LogP contribution in [0.1, 0.15) is 19.4 Å². The number of anilines is 1. The van der Waals surface area contributed by atoms with Crippen LogP contribution < -0.4 is 10.1 Å². The molecule has 0 atom stereocenters. The molecule has 0 bridgehead atoms. The summed E-state index contributed by atoms with van der Waals surface area (Å²) in [6.45, 7) is 4.50. The number of benzene rings is 2. The van der Waals surface area contributed by atoms with Crippen LogP contribution >= 0.6 is 0 Å². The van der Waals surface area contributed by atoms with E-state index in [1.807, 2.05) is 38.1 Å². The molecule has 21 heavy (non-hydrogen) atoms. The first-order valence-corrected chi connectivity index (χ1v) is 6.79. The lowest BCUT2D eigenvalue weighted by Gasteiger charge is -2.15. The molecule has 2 aromatic rings. The van der Waals surface area contributed by atoms with Gasteiger partial charge in [-0.3, -0.25) is 10.1 Å². The Morgan fingerprint density at radius 1 is 1.19 bits per heavy atom. The van der Waals surface area contributed by atoms with Gasteiger partial charge < -0.3 is 10.1 Å². The Morgan fingerprint density at radius 2 is 1.95 bits per heavy atom. The average Bonchev–Trinajstić information content (AvgIpc) is 2.46. The van der Waals surface area contributed by atoms with Crippen molar-refractivity contribution in [2.75, 3.05) is 5.32 Å². The summed E-state index contributed by atoms with van der Waals surface area (Å²) in [6, 6.07) is 14.2. The van der Waals surface area contributed by atoms with Gasteiger partial charge in [0.1, 0.15) is 5.75 Å². The summed E-state index contributed by atoms with van der Waals surface area (Å²) < 4.78 is 5.75. The van der Waals surface area contributed by atoms with Crippen molar-refractivity contribution in [3.05, 3.63) is 64.2 Å². The highest BCUT2D eigenvalue weighted by molar-refractivity contribution is 5.51. The van der Waals surface area contributed by atoms with E-state index >= 15 is 0 Å². The van der Waals surface area contributed by atoms with Crippen LogP contribution in [0, 0.1) is 10.1 Å². The van der Waals surface area contributed by atoms with E-state index in [1.165, 1.54) is 12.1 Å². The fraction of sp³-hybridized carbons (Fsp3) is 0.250. The van der Waals surface area contributed by atoms with Crippen LogP contribution in [0.2, 0.25) is 0 Å². The molecular formula is C16H18N2O3. The quantitative estimate of drug-likeness (QED) is 0.644. The summed E-state index contributed by atoms with van der Waals surface area (Å²) in [5.74, 6) is 0.824. The molecule has 1 N–H and O–H groups in total. The fourth-order valence-corrected chi connectivity index (χ4v) is 1.95. The van der Waals surface area contributed by atoms with Crippen molar-refractivity contribution < 1.29 is 9.66 Å². The molecule has 0 amide bonds. The number of rotatable bonds is 6. The lowest BCUT2D eigenvalue weighted by molar-refractivity contribution is -0.384. The van der Waals surface area contributed by atoms with E-state index in [0.29, 0.717) is 12.2 Å². The summed E-state index contributed by atoms with van der Waals surface area (Å²) in [5.41, 5.74) is 1.80. The maximum absolute atomic E-state index is 10.8. The van der Waals surface area contributed by atoms with E-state index in [-0.39, 0.29) is 11.8 Å². The van der Waals surface area contributed by atoms with Crippen molar-refractivity contribution in [3.63, 3.8) is 0 Å². The molecule has 2 aromatic carbocycles. The second-order valence-electron chi connectivity index (χ2n) is 4.94. The number of nitrogens with zero attached hydrogens (tertiary/aromatic N) is 1. The molecule has 0 aliphatic rings. The number of nitro benzene ring substituents is 1. The molecule has 0 aliphatic heterocycles. The Morgan fingerprint density at radius 3 is 2.67 bits per heavy atom. The summed E-state index contributed by atoms with van der Waals surface area (Å²) in [5, 5.41) is 13.9. The van der Waals surface area contributed by atoms with Crippen LogP contribution in [-0.2, 0) is 6.54 Å². The minimum absolute atomic E-state index is 0.0757. The van der Waals surface area contributed by atoms with Crippen molar-refractivity contribution in [1.29, 1.82) is 0 Å². The monoisotopic (exact) mass is 286 g/mol. The van der Waals surface area contributed by atoms with Crippen LogP contribution in [0.3, 0.4) is 0 Å². The van der Waals surface area contributed by atoms with Crippen LogP contribution in [0.4, 0.5) is 11.4 Å². The molecular weight excluding hydrogens is 268 g/mol. The predicted octanol–water partition coefficient (Wildman–Crippen LogP) is 3.99. The van der Waals surface area contributed by atoms with E-state index in [2.05, 4.69) is 5.32 Å². The topological polar surface area (TPSA) is 64.4 Å². The predicted molar refractivity (Wildman–Crippen MR) is 82.6 cm³/mol. The van der Waals surface area contributed by atoms with Gasteiger partial charge in [-0.25, -0.2) is 0 Å². The smallest absolute Gasteiger partial charge is 0.271 e. The highest BCUT2D eigenvalue weighted by Crippen LogP contribution is 2.22. The minimum Gasteiger partial charge on any atom is -0.491 e. The van der Waals surface area contributed by atoms with Crippen LogP contribution in [0.5, 0.6) is 5.75 Å².